The maximum atomic E-state index is 13.1. The van der Waals surface area contributed by atoms with E-state index in [0.29, 0.717) is 5.56 Å². The summed E-state index contributed by atoms with van der Waals surface area (Å²) in [6.07, 6.45) is -0.455. The number of nitrogens with one attached hydrogen (secondary N) is 3. The fourth-order valence-electron chi connectivity index (χ4n) is 3.05. The molecule has 1 heterocycles. The van der Waals surface area contributed by atoms with Crippen LogP contribution in [0.25, 0.3) is 0 Å². The molecule has 0 saturated heterocycles. The van der Waals surface area contributed by atoms with Gasteiger partial charge in [0, 0.05) is 6.54 Å². The summed E-state index contributed by atoms with van der Waals surface area (Å²) < 4.78 is 18.3. The zero-order chi connectivity index (χ0) is 24.7. The van der Waals surface area contributed by atoms with E-state index in [4.69, 9.17) is 4.74 Å². The Morgan fingerprint density at radius 1 is 1.12 bits per heavy atom. The third-order valence-corrected chi connectivity index (χ3v) is 5.30. The molecular formula is C24H25FN4O5. The minimum atomic E-state index is -1.20. The van der Waals surface area contributed by atoms with Crippen molar-refractivity contribution in [1.29, 1.82) is 0 Å². The van der Waals surface area contributed by atoms with Crippen LogP contribution in [0.3, 0.4) is 0 Å². The van der Waals surface area contributed by atoms with Gasteiger partial charge in [0.25, 0.3) is 11.5 Å². The first kappa shape index (κ1) is 24.4. The number of rotatable bonds is 8. The van der Waals surface area contributed by atoms with E-state index in [0.717, 1.165) is 5.56 Å². The summed E-state index contributed by atoms with van der Waals surface area (Å²) in [6, 6.07) is 14.6. The molecule has 1 aromatic heterocycles. The Balaban J connectivity index is 1.76. The molecule has 0 aliphatic carbocycles. The lowest BCUT2D eigenvalue weighted by atomic mass is 9.97. The lowest BCUT2D eigenvalue weighted by Gasteiger charge is -2.28. The number of aromatic hydroxyl groups is 1. The summed E-state index contributed by atoms with van der Waals surface area (Å²) in [6.45, 7) is 3.42. The predicted molar refractivity (Wildman–Crippen MR) is 121 cm³/mol. The fraction of sp³-hybridized carbons (Fsp3) is 0.250. The number of H-pyrrole nitrogens is 1. The molecule has 34 heavy (non-hydrogen) atoms. The topological polar surface area (TPSA) is 133 Å². The molecular weight excluding hydrogens is 443 g/mol. The summed E-state index contributed by atoms with van der Waals surface area (Å²) in [7, 11) is 0. The van der Waals surface area contributed by atoms with Gasteiger partial charge in [-0.25, -0.2) is 14.2 Å². The van der Waals surface area contributed by atoms with Crippen LogP contribution in [0.1, 0.15) is 47.7 Å². The molecule has 2 amide bonds. The quantitative estimate of drug-likeness (QED) is 0.402. The van der Waals surface area contributed by atoms with E-state index in [2.05, 4.69) is 20.6 Å². The summed E-state index contributed by atoms with van der Waals surface area (Å²) in [5, 5.41) is 15.3. The molecule has 0 fully saturated rings. The van der Waals surface area contributed by atoms with E-state index in [1.807, 2.05) is 30.3 Å². The minimum absolute atomic E-state index is 0.0253. The maximum absolute atomic E-state index is 13.1. The first-order valence-electron chi connectivity index (χ1n) is 10.6. The van der Waals surface area contributed by atoms with Crippen molar-refractivity contribution >= 4 is 12.0 Å². The van der Waals surface area contributed by atoms with Crippen molar-refractivity contribution in [3.8, 4) is 5.75 Å². The van der Waals surface area contributed by atoms with Gasteiger partial charge in [-0.05, 0) is 36.6 Å². The highest BCUT2D eigenvalue weighted by atomic mass is 19.1. The number of hydrogen-bond acceptors (Lipinski definition) is 6. The van der Waals surface area contributed by atoms with E-state index in [-0.39, 0.29) is 25.4 Å². The first-order chi connectivity index (χ1) is 16.2. The molecule has 3 aromatic rings. The van der Waals surface area contributed by atoms with Crippen LogP contribution in [-0.4, -0.2) is 27.1 Å². The molecule has 0 bridgehead atoms. The van der Waals surface area contributed by atoms with E-state index in [9.17, 15) is 23.9 Å². The molecule has 1 atom stereocenters. The van der Waals surface area contributed by atoms with Crippen LogP contribution in [0.5, 0.6) is 5.75 Å². The molecule has 2 aromatic carbocycles. The Labute approximate surface area is 195 Å². The van der Waals surface area contributed by atoms with Gasteiger partial charge in [-0.3, -0.25) is 9.59 Å². The SMILES string of the molecule is CCC(C)(NC(=O)OCc1ccccc1)c1nc(C(=O)NCc2ccc(F)cc2)c(O)c(=O)[nH]1. The van der Waals surface area contributed by atoms with E-state index < -0.39 is 40.4 Å². The number of aromatic amines is 1. The number of carbonyl (C=O) groups is 2. The molecule has 0 spiro atoms. The highest BCUT2D eigenvalue weighted by Crippen LogP contribution is 2.22. The molecule has 0 aliphatic rings. The molecule has 0 saturated carbocycles. The predicted octanol–water partition coefficient (Wildman–Crippen LogP) is 3.10. The molecule has 10 heteroatoms. The highest BCUT2D eigenvalue weighted by molar-refractivity contribution is 5.94. The number of alkyl carbamates (subject to hydrolysis) is 1. The minimum Gasteiger partial charge on any atom is -0.501 e. The molecule has 0 aliphatic heterocycles. The van der Waals surface area contributed by atoms with E-state index >= 15 is 0 Å². The van der Waals surface area contributed by atoms with Crippen LogP contribution in [0.15, 0.2) is 59.4 Å². The van der Waals surface area contributed by atoms with Gasteiger partial charge in [-0.1, -0.05) is 49.4 Å². The highest BCUT2D eigenvalue weighted by Gasteiger charge is 2.32. The first-order valence-corrected chi connectivity index (χ1v) is 10.6. The second kappa shape index (κ2) is 10.6. The van der Waals surface area contributed by atoms with Gasteiger partial charge in [0.15, 0.2) is 5.69 Å². The van der Waals surface area contributed by atoms with Crippen LogP contribution in [0, 0.1) is 5.82 Å². The van der Waals surface area contributed by atoms with Crippen LogP contribution in [0.2, 0.25) is 0 Å². The van der Waals surface area contributed by atoms with Gasteiger partial charge in [0.2, 0.25) is 5.75 Å². The summed E-state index contributed by atoms with van der Waals surface area (Å²) in [5.41, 5.74) is -1.23. The van der Waals surface area contributed by atoms with Gasteiger partial charge in [0.1, 0.15) is 18.2 Å². The number of ether oxygens (including phenoxy) is 1. The second-order valence-electron chi connectivity index (χ2n) is 7.79. The number of aromatic nitrogens is 2. The monoisotopic (exact) mass is 468 g/mol. The average molecular weight is 468 g/mol. The van der Waals surface area contributed by atoms with Gasteiger partial charge in [-0.15, -0.1) is 0 Å². The lowest BCUT2D eigenvalue weighted by molar-refractivity contribution is 0.0941. The van der Waals surface area contributed by atoms with Gasteiger partial charge in [-0.2, -0.15) is 0 Å². The van der Waals surface area contributed by atoms with Crippen molar-refractivity contribution < 1.29 is 23.8 Å². The van der Waals surface area contributed by atoms with Crippen molar-refractivity contribution in [3.63, 3.8) is 0 Å². The Kier molecular flexibility index (Phi) is 7.62. The van der Waals surface area contributed by atoms with Gasteiger partial charge in [0.05, 0.1) is 5.54 Å². The smallest absolute Gasteiger partial charge is 0.408 e. The molecule has 9 nitrogen and oxygen atoms in total. The third kappa shape index (κ3) is 5.97. The molecule has 0 radical (unpaired) electrons. The number of carbonyl (C=O) groups excluding carboxylic acids is 2. The Morgan fingerprint density at radius 2 is 1.79 bits per heavy atom. The van der Waals surface area contributed by atoms with Gasteiger partial charge < -0.3 is 25.5 Å². The zero-order valence-electron chi connectivity index (χ0n) is 18.7. The van der Waals surface area contributed by atoms with Crippen molar-refractivity contribution in [3.05, 3.63) is 93.4 Å². The number of benzene rings is 2. The molecule has 3 rings (SSSR count). The standard InChI is InChI=1S/C24H25FN4O5/c1-3-24(2,29-23(33)34-14-16-7-5-4-6-8-16)22-27-18(19(30)21(32)28-22)20(31)26-13-15-9-11-17(25)12-10-15/h4-12,30H,3,13-14H2,1-2H3,(H,26,31)(H,29,33)(H,27,28,32). The summed E-state index contributed by atoms with van der Waals surface area (Å²) in [4.78, 5) is 43.9. The van der Waals surface area contributed by atoms with Crippen molar-refractivity contribution in [2.45, 2.75) is 39.0 Å². The number of hydrogen-bond donors (Lipinski definition) is 4. The molecule has 4 N–H and O–H groups in total. The molecule has 178 valence electrons. The largest absolute Gasteiger partial charge is 0.501 e. The van der Waals surface area contributed by atoms with Crippen molar-refractivity contribution in [2.75, 3.05) is 0 Å². The van der Waals surface area contributed by atoms with Crippen LogP contribution >= 0.6 is 0 Å². The second-order valence-corrected chi connectivity index (χ2v) is 7.79. The Hall–Kier alpha value is -4.21. The zero-order valence-corrected chi connectivity index (χ0v) is 18.7. The third-order valence-electron chi connectivity index (χ3n) is 5.30. The van der Waals surface area contributed by atoms with E-state index in [1.165, 1.54) is 24.3 Å². The molecule has 1 unspecified atom stereocenters. The fourth-order valence-corrected chi connectivity index (χ4v) is 3.05. The summed E-state index contributed by atoms with van der Waals surface area (Å²) in [5.74, 6) is -2.10. The van der Waals surface area contributed by atoms with E-state index in [1.54, 1.807) is 13.8 Å². The average Bonchev–Trinajstić information content (AvgIpc) is 2.84. The van der Waals surface area contributed by atoms with Gasteiger partial charge >= 0.3 is 6.09 Å². The summed E-state index contributed by atoms with van der Waals surface area (Å²) >= 11 is 0. The van der Waals surface area contributed by atoms with Crippen molar-refractivity contribution in [2.24, 2.45) is 0 Å². The van der Waals surface area contributed by atoms with Crippen LogP contribution < -0.4 is 16.2 Å². The number of halogens is 1. The normalized spacial score (nSPS) is 12.4. The lowest BCUT2D eigenvalue weighted by Crippen LogP contribution is -2.46. The van der Waals surface area contributed by atoms with Crippen molar-refractivity contribution in [1.82, 2.24) is 20.6 Å². The number of nitrogens with zero attached hydrogens (tertiary/aromatic N) is 1. The number of amides is 2. The Bertz CT molecular complexity index is 1210. The van der Waals surface area contributed by atoms with Crippen LogP contribution in [0.4, 0.5) is 9.18 Å². The Morgan fingerprint density at radius 3 is 2.44 bits per heavy atom. The maximum Gasteiger partial charge on any atom is 0.408 e. The van der Waals surface area contributed by atoms with Crippen LogP contribution in [-0.2, 0) is 23.4 Å².